The molecule has 0 radical (unpaired) electrons. The Labute approximate surface area is 136 Å². The summed E-state index contributed by atoms with van der Waals surface area (Å²) in [7, 11) is 0. The topological polar surface area (TPSA) is 83.2 Å². The first-order chi connectivity index (χ1) is 10.8. The molecule has 0 aliphatic carbocycles. The lowest BCUT2D eigenvalue weighted by Crippen LogP contribution is -2.37. The minimum absolute atomic E-state index is 0.0505. The van der Waals surface area contributed by atoms with Gasteiger partial charge in [0.2, 0.25) is 0 Å². The summed E-state index contributed by atoms with van der Waals surface area (Å²) in [4.78, 5) is 26.4. The van der Waals surface area contributed by atoms with Gasteiger partial charge in [-0.25, -0.2) is 4.79 Å². The number of fused-ring (bicyclic) bond motifs is 1. The fourth-order valence-corrected chi connectivity index (χ4v) is 2.36. The van der Waals surface area contributed by atoms with Crippen LogP contribution in [0.2, 0.25) is 0 Å². The number of aromatic amines is 1. The van der Waals surface area contributed by atoms with Gasteiger partial charge in [0, 0.05) is 30.8 Å². The summed E-state index contributed by atoms with van der Waals surface area (Å²) < 4.78 is 5.18. The Hall–Kier alpha value is -2.42. The molecule has 23 heavy (non-hydrogen) atoms. The maximum absolute atomic E-state index is 11.7. The summed E-state index contributed by atoms with van der Waals surface area (Å²) in [6, 6.07) is 1.47. The number of H-pyrrole nitrogens is 1. The summed E-state index contributed by atoms with van der Waals surface area (Å²) in [5, 5.41) is 5.54. The standard InChI is InChI=1S/C17H23N3O3/c1-11(20-16(22)23-17(2,3)4)6-5-7-12-10-19-15(21)13-8-9-18-14(12)13/h8-9,11-12,18H,7,10H2,1-4H3,(H,19,21)(H,20,22). The van der Waals surface area contributed by atoms with Gasteiger partial charge in [-0.15, -0.1) is 5.92 Å². The molecular weight excluding hydrogens is 294 g/mol. The van der Waals surface area contributed by atoms with Gasteiger partial charge in [-0.1, -0.05) is 5.92 Å². The van der Waals surface area contributed by atoms with Crippen molar-refractivity contribution in [2.24, 2.45) is 0 Å². The third-order valence-electron chi connectivity index (χ3n) is 3.34. The molecule has 2 heterocycles. The third kappa shape index (κ3) is 4.78. The van der Waals surface area contributed by atoms with Crippen LogP contribution in [-0.4, -0.2) is 35.2 Å². The van der Waals surface area contributed by atoms with Gasteiger partial charge in [-0.3, -0.25) is 4.79 Å². The largest absolute Gasteiger partial charge is 0.444 e. The predicted molar refractivity (Wildman–Crippen MR) is 87.1 cm³/mol. The molecule has 0 aromatic carbocycles. The highest BCUT2D eigenvalue weighted by Crippen LogP contribution is 2.24. The van der Waals surface area contributed by atoms with Gasteiger partial charge in [-0.2, -0.15) is 0 Å². The first kappa shape index (κ1) is 16.9. The monoisotopic (exact) mass is 317 g/mol. The number of rotatable bonds is 2. The van der Waals surface area contributed by atoms with Gasteiger partial charge in [0.05, 0.1) is 11.6 Å². The van der Waals surface area contributed by atoms with Gasteiger partial charge in [0.1, 0.15) is 5.60 Å². The minimum Gasteiger partial charge on any atom is -0.444 e. The van der Waals surface area contributed by atoms with E-state index in [2.05, 4.69) is 27.5 Å². The van der Waals surface area contributed by atoms with E-state index >= 15 is 0 Å². The molecule has 1 aliphatic rings. The number of ether oxygens (including phenoxy) is 1. The number of hydrogen-bond donors (Lipinski definition) is 3. The van der Waals surface area contributed by atoms with Crippen molar-refractivity contribution in [2.45, 2.75) is 51.7 Å². The molecule has 0 spiro atoms. The van der Waals surface area contributed by atoms with Crippen LogP contribution in [0.15, 0.2) is 12.3 Å². The number of amides is 2. The Kier molecular flexibility index (Phi) is 4.99. The average molecular weight is 317 g/mol. The SMILES string of the molecule is CC(C#CCC1CNC(=O)c2cc[nH]c21)NC(=O)OC(C)(C)C. The smallest absolute Gasteiger partial charge is 0.408 e. The molecule has 2 amide bonds. The van der Waals surface area contributed by atoms with E-state index in [0.717, 1.165) is 5.69 Å². The normalized spacial score (nSPS) is 18.1. The Morgan fingerprint density at radius 1 is 1.52 bits per heavy atom. The Morgan fingerprint density at radius 3 is 2.96 bits per heavy atom. The zero-order chi connectivity index (χ0) is 17.0. The second-order valence-electron chi connectivity index (χ2n) is 6.61. The lowest BCUT2D eigenvalue weighted by Gasteiger charge is -2.21. The quantitative estimate of drug-likeness (QED) is 0.731. The highest BCUT2D eigenvalue weighted by Gasteiger charge is 2.25. The van der Waals surface area contributed by atoms with Gasteiger partial charge in [0.25, 0.3) is 5.91 Å². The van der Waals surface area contributed by atoms with E-state index in [0.29, 0.717) is 18.5 Å². The summed E-state index contributed by atoms with van der Waals surface area (Å²) in [5.74, 6) is 6.16. The molecule has 1 aromatic rings. The molecule has 124 valence electrons. The zero-order valence-corrected chi connectivity index (χ0v) is 13.9. The molecule has 2 rings (SSSR count). The van der Waals surface area contributed by atoms with E-state index < -0.39 is 11.7 Å². The van der Waals surface area contributed by atoms with Gasteiger partial charge in [0.15, 0.2) is 0 Å². The van der Waals surface area contributed by atoms with Crippen molar-refractivity contribution in [3.05, 3.63) is 23.5 Å². The fourth-order valence-electron chi connectivity index (χ4n) is 2.36. The number of carbonyl (C=O) groups excluding carboxylic acids is 2. The molecular formula is C17H23N3O3. The average Bonchev–Trinajstić information content (AvgIpc) is 2.89. The second kappa shape index (κ2) is 6.78. The summed E-state index contributed by atoms with van der Waals surface area (Å²) in [6.07, 6.45) is 1.90. The van der Waals surface area contributed by atoms with E-state index in [9.17, 15) is 9.59 Å². The van der Waals surface area contributed by atoms with Crippen LogP contribution in [0.5, 0.6) is 0 Å². The maximum Gasteiger partial charge on any atom is 0.408 e. The molecule has 0 saturated heterocycles. The molecule has 3 N–H and O–H groups in total. The van der Waals surface area contributed by atoms with Crippen LogP contribution in [-0.2, 0) is 4.74 Å². The van der Waals surface area contributed by atoms with Crippen LogP contribution in [0.25, 0.3) is 0 Å². The van der Waals surface area contributed by atoms with Crippen LogP contribution >= 0.6 is 0 Å². The minimum atomic E-state index is -0.526. The van der Waals surface area contributed by atoms with Crippen molar-refractivity contribution < 1.29 is 14.3 Å². The molecule has 6 nitrogen and oxygen atoms in total. The van der Waals surface area contributed by atoms with Gasteiger partial charge < -0.3 is 20.4 Å². The molecule has 1 aromatic heterocycles. The van der Waals surface area contributed by atoms with Crippen molar-refractivity contribution >= 4 is 12.0 Å². The highest BCUT2D eigenvalue weighted by atomic mass is 16.6. The van der Waals surface area contributed by atoms with Crippen molar-refractivity contribution in [3.63, 3.8) is 0 Å². The van der Waals surface area contributed by atoms with E-state index in [-0.39, 0.29) is 17.9 Å². The molecule has 0 fully saturated rings. The first-order valence-corrected chi connectivity index (χ1v) is 7.69. The van der Waals surface area contributed by atoms with Crippen LogP contribution in [0.4, 0.5) is 4.79 Å². The zero-order valence-electron chi connectivity index (χ0n) is 13.9. The van der Waals surface area contributed by atoms with Crippen molar-refractivity contribution in [1.29, 1.82) is 0 Å². The first-order valence-electron chi connectivity index (χ1n) is 7.69. The molecule has 0 bridgehead atoms. The van der Waals surface area contributed by atoms with E-state index in [1.807, 2.05) is 20.8 Å². The maximum atomic E-state index is 11.7. The van der Waals surface area contributed by atoms with Crippen molar-refractivity contribution in [1.82, 2.24) is 15.6 Å². The molecule has 2 unspecified atom stereocenters. The summed E-state index contributed by atoms with van der Waals surface area (Å²) in [6.45, 7) is 7.81. The highest BCUT2D eigenvalue weighted by molar-refractivity contribution is 5.96. The number of aromatic nitrogens is 1. The van der Waals surface area contributed by atoms with Crippen LogP contribution < -0.4 is 10.6 Å². The molecule has 2 atom stereocenters. The Balaban J connectivity index is 1.88. The van der Waals surface area contributed by atoms with Crippen molar-refractivity contribution in [2.75, 3.05) is 6.54 Å². The van der Waals surface area contributed by atoms with E-state index in [4.69, 9.17) is 4.74 Å². The summed E-state index contributed by atoms with van der Waals surface area (Å²) >= 11 is 0. The lowest BCUT2D eigenvalue weighted by atomic mass is 9.94. The second-order valence-corrected chi connectivity index (χ2v) is 6.61. The Bertz CT molecular complexity index is 646. The van der Waals surface area contributed by atoms with Crippen LogP contribution in [0, 0.1) is 11.8 Å². The number of nitrogens with one attached hydrogen (secondary N) is 3. The Morgan fingerprint density at radius 2 is 2.26 bits per heavy atom. The van der Waals surface area contributed by atoms with Crippen LogP contribution in [0.3, 0.4) is 0 Å². The van der Waals surface area contributed by atoms with Gasteiger partial charge in [-0.05, 0) is 33.8 Å². The molecule has 1 aliphatic heterocycles. The van der Waals surface area contributed by atoms with E-state index in [1.165, 1.54) is 0 Å². The van der Waals surface area contributed by atoms with Gasteiger partial charge >= 0.3 is 6.09 Å². The molecule has 6 heteroatoms. The summed E-state index contributed by atoms with van der Waals surface area (Å²) in [5.41, 5.74) is 1.08. The van der Waals surface area contributed by atoms with Crippen LogP contribution in [0.1, 0.15) is 56.1 Å². The lowest BCUT2D eigenvalue weighted by molar-refractivity contribution is 0.0519. The fraction of sp³-hybridized carbons (Fsp3) is 0.529. The predicted octanol–water partition coefficient (Wildman–Crippen LogP) is 2.15. The van der Waals surface area contributed by atoms with Crippen molar-refractivity contribution in [3.8, 4) is 11.8 Å². The van der Waals surface area contributed by atoms with E-state index in [1.54, 1.807) is 19.2 Å². The molecule has 0 saturated carbocycles. The third-order valence-corrected chi connectivity index (χ3v) is 3.34. The number of hydrogen-bond acceptors (Lipinski definition) is 3. The number of carbonyl (C=O) groups is 2. The number of alkyl carbamates (subject to hydrolysis) is 1.